The minimum atomic E-state index is -0.456. The Morgan fingerprint density at radius 3 is 2.81 bits per heavy atom. The number of nitro benzene ring substituents is 1. The van der Waals surface area contributed by atoms with Gasteiger partial charge in [-0.2, -0.15) is 0 Å². The summed E-state index contributed by atoms with van der Waals surface area (Å²) in [4.78, 5) is 37.3. The number of non-ortho nitro benzene ring substituents is 1. The number of thioether (sulfide) groups is 1. The Bertz CT molecular complexity index is 900. The molecule has 26 heavy (non-hydrogen) atoms. The van der Waals surface area contributed by atoms with Crippen LogP contribution < -0.4 is 5.32 Å². The number of benzene rings is 2. The zero-order chi connectivity index (χ0) is 18.8. The number of anilines is 1. The molecular formula is C18H17N3O4S. The van der Waals surface area contributed by atoms with Crippen molar-refractivity contribution < 1.29 is 14.5 Å². The third kappa shape index (κ3) is 3.55. The molecule has 134 valence electrons. The Kier molecular flexibility index (Phi) is 4.94. The SMILES string of the molecule is C[C@@H](c1cccc([N+](=O)[O-])c1)N(C)C(=O)c1ccc2c(c1)NC(=O)CS2. The van der Waals surface area contributed by atoms with Gasteiger partial charge in [-0.3, -0.25) is 19.7 Å². The van der Waals surface area contributed by atoms with Gasteiger partial charge in [-0.15, -0.1) is 11.8 Å². The van der Waals surface area contributed by atoms with E-state index >= 15 is 0 Å². The molecule has 2 aromatic carbocycles. The zero-order valence-electron chi connectivity index (χ0n) is 14.3. The molecular weight excluding hydrogens is 354 g/mol. The van der Waals surface area contributed by atoms with E-state index in [0.717, 1.165) is 4.90 Å². The van der Waals surface area contributed by atoms with E-state index in [1.54, 1.807) is 31.3 Å². The number of fused-ring (bicyclic) bond motifs is 1. The maximum atomic E-state index is 12.8. The van der Waals surface area contributed by atoms with Crippen molar-refractivity contribution in [2.75, 3.05) is 18.1 Å². The van der Waals surface area contributed by atoms with Crippen molar-refractivity contribution in [3.05, 3.63) is 63.7 Å². The second-order valence-corrected chi connectivity index (χ2v) is 7.01. The number of rotatable bonds is 4. The summed E-state index contributed by atoms with van der Waals surface area (Å²) < 4.78 is 0. The Balaban J connectivity index is 1.83. The van der Waals surface area contributed by atoms with Crippen molar-refractivity contribution >= 4 is 35.0 Å². The van der Waals surface area contributed by atoms with E-state index in [1.807, 2.05) is 13.0 Å². The summed E-state index contributed by atoms with van der Waals surface area (Å²) in [6, 6.07) is 11.1. The molecule has 0 aromatic heterocycles. The van der Waals surface area contributed by atoms with E-state index in [2.05, 4.69) is 5.32 Å². The largest absolute Gasteiger partial charge is 0.335 e. The highest BCUT2D eigenvalue weighted by atomic mass is 32.2. The molecule has 0 bridgehead atoms. The van der Waals surface area contributed by atoms with Gasteiger partial charge in [0.05, 0.1) is 22.4 Å². The van der Waals surface area contributed by atoms with Crippen LogP contribution in [0.15, 0.2) is 47.4 Å². The van der Waals surface area contributed by atoms with E-state index in [-0.39, 0.29) is 23.5 Å². The number of hydrogen-bond donors (Lipinski definition) is 1. The Morgan fingerprint density at radius 1 is 1.31 bits per heavy atom. The van der Waals surface area contributed by atoms with Gasteiger partial charge >= 0.3 is 0 Å². The van der Waals surface area contributed by atoms with Crippen LogP contribution in [0.2, 0.25) is 0 Å². The van der Waals surface area contributed by atoms with Crippen molar-refractivity contribution in [3.8, 4) is 0 Å². The van der Waals surface area contributed by atoms with E-state index in [0.29, 0.717) is 22.6 Å². The molecule has 0 spiro atoms. The van der Waals surface area contributed by atoms with Crippen molar-refractivity contribution in [3.63, 3.8) is 0 Å². The summed E-state index contributed by atoms with van der Waals surface area (Å²) in [5.74, 6) is 0.0475. The van der Waals surface area contributed by atoms with Gasteiger partial charge in [-0.25, -0.2) is 0 Å². The monoisotopic (exact) mass is 371 g/mol. The average Bonchev–Trinajstić information content (AvgIpc) is 2.65. The first kappa shape index (κ1) is 17.9. The lowest BCUT2D eigenvalue weighted by atomic mass is 10.1. The van der Waals surface area contributed by atoms with Crippen molar-refractivity contribution in [1.29, 1.82) is 0 Å². The fourth-order valence-corrected chi connectivity index (χ4v) is 3.51. The molecule has 0 radical (unpaired) electrons. The lowest BCUT2D eigenvalue weighted by Gasteiger charge is -2.26. The normalized spacial score (nSPS) is 14.2. The van der Waals surface area contributed by atoms with Crippen molar-refractivity contribution in [2.45, 2.75) is 17.9 Å². The highest BCUT2D eigenvalue weighted by Crippen LogP contribution is 2.33. The molecule has 2 aromatic rings. The Labute approximate surface area is 154 Å². The second-order valence-electron chi connectivity index (χ2n) is 5.99. The average molecular weight is 371 g/mol. The minimum Gasteiger partial charge on any atom is -0.335 e. The molecule has 2 amide bonds. The number of nitrogens with one attached hydrogen (secondary N) is 1. The van der Waals surface area contributed by atoms with Crippen LogP contribution in [0.25, 0.3) is 0 Å². The molecule has 0 saturated carbocycles. The summed E-state index contributed by atoms with van der Waals surface area (Å²) in [7, 11) is 1.65. The van der Waals surface area contributed by atoms with Crippen LogP contribution in [0.4, 0.5) is 11.4 Å². The maximum Gasteiger partial charge on any atom is 0.269 e. The summed E-state index contributed by atoms with van der Waals surface area (Å²) in [6.07, 6.45) is 0. The van der Waals surface area contributed by atoms with Crippen LogP contribution in [0.5, 0.6) is 0 Å². The standard InChI is InChI=1S/C18H17N3O4S/c1-11(12-4-3-5-14(8-12)21(24)25)20(2)18(23)13-6-7-16-15(9-13)19-17(22)10-26-16/h3-9,11H,10H2,1-2H3,(H,19,22)/t11-/m0/s1. The number of carbonyl (C=O) groups is 2. The van der Waals surface area contributed by atoms with Gasteiger partial charge in [0, 0.05) is 29.6 Å². The molecule has 3 rings (SSSR count). The van der Waals surface area contributed by atoms with Crippen LogP contribution >= 0.6 is 11.8 Å². The molecule has 0 unspecified atom stereocenters. The fourth-order valence-electron chi connectivity index (χ4n) is 2.72. The minimum absolute atomic E-state index is 0.0104. The number of hydrogen-bond acceptors (Lipinski definition) is 5. The topological polar surface area (TPSA) is 92.6 Å². The molecule has 8 heteroatoms. The number of carbonyl (C=O) groups excluding carboxylic acids is 2. The van der Waals surface area contributed by atoms with Crippen LogP contribution in [0.1, 0.15) is 28.9 Å². The summed E-state index contributed by atoms with van der Waals surface area (Å²) in [5.41, 5.74) is 1.75. The molecule has 0 saturated heterocycles. The van der Waals surface area contributed by atoms with Gasteiger partial charge in [0.25, 0.3) is 11.6 Å². The van der Waals surface area contributed by atoms with E-state index < -0.39 is 4.92 Å². The Morgan fingerprint density at radius 2 is 2.08 bits per heavy atom. The molecule has 1 N–H and O–H groups in total. The summed E-state index contributed by atoms with van der Waals surface area (Å²) in [6.45, 7) is 1.81. The van der Waals surface area contributed by atoms with Crippen LogP contribution in [-0.2, 0) is 4.79 Å². The van der Waals surface area contributed by atoms with E-state index in [9.17, 15) is 19.7 Å². The molecule has 1 aliphatic heterocycles. The first-order chi connectivity index (χ1) is 12.4. The molecule has 7 nitrogen and oxygen atoms in total. The van der Waals surface area contributed by atoms with Gasteiger partial charge in [0.1, 0.15) is 0 Å². The maximum absolute atomic E-state index is 12.8. The van der Waals surface area contributed by atoms with E-state index in [4.69, 9.17) is 0 Å². The summed E-state index contributed by atoms with van der Waals surface area (Å²) in [5, 5.41) is 13.7. The first-order valence-corrected chi connectivity index (χ1v) is 8.93. The van der Waals surface area contributed by atoms with Gasteiger partial charge in [0.2, 0.25) is 5.91 Å². The first-order valence-electron chi connectivity index (χ1n) is 7.95. The molecule has 0 aliphatic carbocycles. The number of amides is 2. The molecule has 1 atom stereocenters. The molecule has 0 fully saturated rings. The lowest BCUT2D eigenvalue weighted by Crippen LogP contribution is -2.30. The van der Waals surface area contributed by atoms with Crippen LogP contribution in [-0.4, -0.2) is 34.4 Å². The predicted octanol–water partition coefficient (Wildman–Crippen LogP) is 3.47. The van der Waals surface area contributed by atoms with Crippen molar-refractivity contribution in [2.24, 2.45) is 0 Å². The van der Waals surface area contributed by atoms with Gasteiger partial charge in [-0.1, -0.05) is 12.1 Å². The highest BCUT2D eigenvalue weighted by molar-refractivity contribution is 8.00. The van der Waals surface area contributed by atoms with E-state index in [1.165, 1.54) is 28.8 Å². The van der Waals surface area contributed by atoms with Gasteiger partial charge in [0.15, 0.2) is 0 Å². The number of nitrogens with zero attached hydrogens (tertiary/aromatic N) is 2. The third-order valence-corrected chi connectivity index (χ3v) is 5.40. The zero-order valence-corrected chi connectivity index (χ0v) is 15.1. The number of nitro groups is 1. The third-order valence-electron chi connectivity index (χ3n) is 4.32. The summed E-state index contributed by atoms with van der Waals surface area (Å²) >= 11 is 1.43. The van der Waals surface area contributed by atoms with Gasteiger partial charge in [-0.05, 0) is 30.7 Å². The van der Waals surface area contributed by atoms with Crippen LogP contribution in [0.3, 0.4) is 0 Å². The predicted molar refractivity (Wildman–Crippen MR) is 99.4 cm³/mol. The lowest BCUT2D eigenvalue weighted by molar-refractivity contribution is -0.384. The molecule has 1 aliphatic rings. The smallest absolute Gasteiger partial charge is 0.269 e. The Hall–Kier alpha value is -2.87. The quantitative estimate of drug-likeness (QED) is 0.656. The van der Waals surface area contributed by atoms with Gasteiger partial charge < -0.3 is 10.2 Å². The second kappa shape index (κ2) is 7.17. The van der Waals surface area contributed by atoms with Crippen LogP contribution in [0, 0.1) is 10.1 Å². The molecule has 1 heterocycles. The highest BCUT2D eigenvalue weighted by Gasteiger charge is 2.23. The fraction of sp³-hybridized carbons (Fsp3) is 0.222. The van der Waals surface area contributed by atoms with Crippen molar-refractivity contribution in [1.82, 2.24) is 4.90 Å².